The topological polar surface area (TPSA) is 81.9 Å². The molecule has 0 aliphatic heterocycles. The van der Waals surface area contributed by atoms with Gasteiger partial charge in [0.25, 0.3) is 0 Å². The maximum absolute atomic E-state index is 11.7. The highest BCUT2D eigenvalue weighted by molar-refractivity contribution is 7.98. The van der Waals surface area contributed by atoms with Gasteiger partial charge in [-0.2, -0.15) is 5.10 Å². The van der Waals surface area contributed by atoms with E-state index in [1.807, 2.05) is 34.0 Å². The van der Waals surface area contributed by atoms with Crippen molar-refractivity contribution >= 4 is 23.5 Å². The largest absolute Gasteiger partial charge is 0.444 e. The van der Waals surface area contributed by atoms with Gasteiger partial charge in [-0.25, -0.2) is 14.8 Å². The first-order valence-electron chi connectivity index (χ1n) is 7.16. The van der Waals surface area contributed by atoms with Crippen LogP contribution in [0.1, 0.15) is 32.0 Å². The molecular formula is C15H21N5O2S. The molecule has 0 atom stereocenters. The Morgan fingerprint density at radius 3 is 2.74 bits per heavy atom. The summed E-state index contributed by atoms with van der Waals surface area (Å²) in [6.07, 6.45) is 6.57. The summed E-state index contributed by atoms with van der Waals surface area (Å²) in [6.45, 7) is 7.93. The first-order valence-corrected chi connectivity index (χ1v) is 8.38. The van der Waals surface area contributed by atoms with Crippen LogP contribution in [0.2, 0.25) is 0 Å². The molecule has 8 heteroatoms. The molecule has 0 radical (unpaired) electrons. The number of anilines is 1. The SMILES string of the molecule is CSc1ncc(Cn2cc(NC(=O)OC(C)(C)C)cn2)c(C)n1. The third-order valence-corrected chi connectivity index (χ3v) is 3.41. The summed E-state index contributed by atoms with van der Waals surface area (Å²) in [7, 11) is 0. The van der Waals surface area contributed by atoms with Gasteiger partial charge in [-0.15, -0.1) is 0 Å². The van der Waals surface area contributed by atoms with Crippen molar-refractivity contribution in [2.24, 2.45) is 0 Å². The van der Waals surface area contributed by atoms with Gasteiger partial charge in [0.15, 0.2) is 5.16 Å². The number of hydrogen-bond donors (Lipinski definition) is 1. The molecule has 0 aliphatic rings. The molecule has 0 bridgehead atoms. The van der Waals surface area contributed by atoms with Crippen molar-refractivity contribution in [3.63, 3.8) is 0 Å². The van der Waals surface area contributed by atoms with Gasteiger partial charge in [0.05, 0.1) is 18.4 Å². The minimum atomic E-state index is -0.534. The number of thioether (sulfide) groups is 1. The van der Waals surface area contributed by atoms with Crippen molar-refractivity contribution in [3.8, 4) is 0 Å². The number of carbonyl (C=O) groups excluding carboxylic acids is 1. The second-order valence-corrected chi connectivity index (χ2v) is 6.79. The molecule has 0 aromatic carbocycles. The zero-order valence-corrected chi connectivity index (χ0v) is 14.8. The van der Waals surface area contributed by atoms with Crippen LogP contribution in [0.15, 0.2) is 23.7 Å². The first-order chi connectivity index (χ1) is 10.8. The van der Waals surface area contributed by atoms with Crippen LogP contribution >= 0.6 is 11.8 Å². The van der Waals surface area contributed by atoms with Crippen LogP contribution in [0.25, 0.3) is 0 Å². The Kier molecular flexibility index (Phi) is 5.25. The molecule has 2 rings (SSSR count). The van der Waals surface area contributed by atoms with Gasteiger partial charge in [-0.05, 0) is 34.0 Å². The van der Waals surface area contributed by atoms with Crippen molar-refractivity contribution in [2.45, 2.75) is 45.0 Å². The summed E-state index contributed by atoms with van der Waals surface area (Å²) >= 11 is 1.51. The van der Waals surface area contributed by atoms with E-state index in [-0.39, 0.29) is 0 Å². The normalized spacial score (nSPS) is 11.3. The summed E-state index contributed by atoms with van der Waals surface area (Å²) in [4.78, 5) is 20.4. The molecule has 2 aromatic heterocycles. The van der Waals surface area contributed by atoms with E-state index in [4.69, 9.17) is 4.74 Å². The van der Waals surface area contributed by atoms with Gasteiger partial charge in [0.2, 0.25) is 0 Å². The highest BCUT2D eigenvalue weighted by Crippen LogP contribution is 2.14. The highest BCUT2D eigenvalue weighted by Gasteiger charge is 2.16. The van der Waals surface area contributed by atoms with Gasteiger partial charge in [-0.3, -0.25) is 10.00 Å². The van der Waals surface area contributed by atoms with E-state index in [1.165, 1.54) is 11.8 Å². The molecule has 2 aromatic rings. The number of amides is 1. The average molecular weight is 335 g/mol. The number of rotatable bonds is 4. The molecule has 0 aliphatic carbocycles. The molecule has 23 heavy (non-hydrogen) atoms. The molecule has 7 nitrogen and oxygen atoms in total. The number of hydrogen-bond acceptors (Lipinski definition) is 6. The molecule has 0 saturated carbocycles. The average Bonchev–Trinajstić information content (AvgIpc) is 2.86. The third kappa shape index (κ3) is 5.24. The molecule has 1 N–H and O–H groups in total. The van der Waals surface area contributed by atoms with Crippen LogP contribution in [0.4, 0.5) is 10.5 Å². The second-order valence-electron chi connectivity index (χ2n) is 6.02. The van der Waals surface area contributed by atoms with E-state index in [2.05, 4.69) is 20.4 Å². The van der Waals surface area contributed by atoms with Crippen molar-refractivity contribution in [1.82, 2.24) is 19.7 Å². The lowest BCUT2D eigenvalue weighted by Crippen LogP contribution is -2.27. The Morgan fingerprint density at radius 1 is 1.39 bits per heavy atom. The summed E-state index contributed by atoms with van der Waals surface area (Å²) < 4.78 is 6.92. The van der Waals surface area contributed by atoms with E-state index in [0.717, 1.165) is 16.4 Å². The van der Waals surface area contributed by atoms with Gasteiger partial charge in [0.1, 0.15) is 5.60 Å². The van der Waals surface area contributed by atoms with E-state index in [9.17, 15) is 4.79 Å². The fourth-order valence-electron chi connectivity index (χ4n) is 1.83. The summed E-state index contributed by atoms with van der Waals surface area (Å²) in [6, 6.07) is 0. The van der Waals surface area contributed by atoms with Crippen LogP contribution < -0.4 is 5.32 Å². The number of aromatic nitrogens is 4. The number of nitrogens with zero attached hydrogens (tertiary/aromatic N) is 4. The van der Waals surface area contributed by atoms with Gasteiger partial charge < -0.3 is 4.74 Å². The first kappa shape index (κ1) is 17.3. The van der Waals surface area contributed by atoms with Crippen molar-refractivity contribution < 1.29 is 9.53 Å². The van der Waals surface area contributed by atoms with Gasteiger partial charge in [0, 0.05) is 23.7 Å². The minimum absolute atomic E-state index is 0.499. The molecule has 0 unspecified atom stereocenters. The Bertz CT molecular complexity index is 693. The lowest BCUT2D eigenvalue weighted by molar-refractivity contribution is 0.0636. The van der Waals surface area contributed by atoms with Gasteiger partial charge >= 0.3 is 6.09 Å². The molecule has 0 saturated heterocycles. The minimum Gasteiger partial charge on any atom is -0.444 e. The maximum Gasteiger partial charge on any atom is 0.412 e. The maximum atomic E-state index is 11.7. The molecule has 0 fully saturated rings. The lowest BCUT2D eigenvalue weighted by Gasteiger charge is -2.19. The Balaban J connectivity index is 2.01. The van der Waals surface area contributed by atoms with Crippen LogP contribution in [0, 0.1) is 6.92 Å². The number of aryl methyl sites for hydroxylation is 1. The Labute approximate surface area is 139 Å². The van der Waals surface area contributed by atoms with E-state index < -0.39 is 11.7 Å². The predicted molar refractivity (Wildman–Crippen MR) is 89.7 cm³/mol. The molecule has 1 amide bonds. The third-order valence-electron chi connectivity index (χ3n) is 2.85. The Hall–Kier alpha value is -2.09. The van der Waals surface area contributed by atoms with Crippen molar-refractivity contribution in [1.29, 1.82) is 0 Å². The van der Waals surface area contributed by atoms with Crippen LogP contribution in [0.5, 0.6) is 0 Å². The standard InChI is InChI=1S/C15H21N5O2S/c1-10-11(6-16-13(18-10)23-5)8-20-9-12(7-17-20)19-14(21)22-15(2,3)4/h6-7,9H,8H2,1-5H3,(H,19,21). The lowest BCUT2D eigenvalue weighted by atomic mass is 10.2. The smallest absolute Gasteiger partial charge is 0.412 e. The number of nitrogens with one attached hydrogen (secondary N) is 1. The fraction of sp³-hybridized carbons (Fsp3) is 0.467. The van der Waals surface area contributed by atoms with Crippen LogP contribution in [0.3, 0.4) is 0 Å². The predicted octanol–water partition coefficient (Wildman–Crippen LogP) is 3.10. The van der Waals surface area contributed by atoms with E-state index in [0.29, 0.717) is 12.2 Å². The van der Waals surface area contributed by atoms with Gasteiger partial charge in [-0.1, -0.05) is 11.8 Å². The molecule has 0 spiro atoms. The summed E-state index contributed by atoms with van der Waals surface area (Å²) in [5.74, 6) is 0. The Morgan fingerprint density at radius 2 is 2.13 bits per heavy atom. The number of carbonyl (C=O) groups is 1. The molecule has 124 valence electrons. The zero-order chi connectivity index (χ0) is 17.0. The monoisotopic (exact) mass is 335 g/mol. The van der Waals surface area contributed by atoms with Crippen LogP contribution in [-0.2, 0) is 11.3 Å². The highest BCUT2D eigenvalue weighted by atomic mass is 32.2. The van der Waals surface area contributed by atoms with Crippen molar-refractivity contribution in [3.05, 3.63) is 29.8 Å². The van der Waals surface area contributed by atoms with E-state index >= 15 is 0 Å². The van der Waals surface area contributed by atoms with Crippen molar-refractivity contribution in [2.75, 3.05) is 11.6 Å². The molecule has 2 heterocycles. The number of ether oxygens (including phenoxy) is 1. The summed E-state index contributed by atoms with van der Waals surface area (Å²) in [5, 5.41) is 7.64. The zero-order valence-electron chi connectivity index (χ0n) is 14.0. The molecular weight excluding hydrogens is 314 g/mol. The quantitative estimate of drug-likeness (QED) is 0.683. The fourth-order valence-corrected chi connectivity index (χ4v) is 2.22. The second kappa shape index (κ2) is 6.99. The summed E-state index contributed by atoms with van der Waals surface area (Å²) in [5.41, 5.74) is 1.95. The van der Waals surface area contributed by atoms with Crippen LogP contribution in [-0.4, -0.2) is 37.7 Å². The van der Waals surface area contributed by atoms with E-state index in [1.54, 1.807) is 23.3 Å².